The van der Waals surface area contributed by atoms with Gasteiger partial charge in [0.25, 0.3) is 0 Å². The molecule has 0 unspecified atom stereocenters. The van der Waals surface area contributed by atoms with Gasteiger partial charge in [0.2, 0.25) is 0 Å². The number of hydrogen-bond donors (Lipinski definition) is 0. The SMILES string of the molecule is Cc1nc(CN2CCCN(c3ccnc4cc(C(F)(F)F)ccc34)CC2)cs1. The Morgan fingerprint density at radius 1 is 1.11 bits per heavy atom. The van der Waals surface area contributed by atoms with Crippen LogP contribution in [0.1, 0.15) is 22.7 Å². The normalized spacial score (nSPS) is 16.5. The number of rotatable bonds is 3. The molecule has 1 aliphatic rings. The average Bonchev–Trinajstić information content (AvgIpc) is 2.93. The quantitative estimate of drug-likeness (QED) is 0.629. The molecule has 4 rings (SSSR count). The molecular formula is C20H21F3N4S. The van der Waals surface area contributed by atoms with E-state index in [0.29, 0.717) is 5.52 Å². The van der Waals surface area contributed by atoms with E-state index in [9.17, 15) is 13.2 Å². The fourth-order valence-electron chi connectivity index (χ4n) is 3.66. The molecule has 1 saturated heterocycles. The molecule has 3 aromatic rings. The Bertz CT molecular complexity index is 969. The number of fused-ring (bicyclic) bond motifs is 1. The van der Waals surface area contributed by atoms with Gasteiger partial charge < -0.3 is 4.90 Å². The van der Waals surface area contributed by atoms with Crippen LogP contribution in [0.15, 0.2) is 35.8 Å². The first-order chi connectivity index (χ1) is 13.4. The monoisotopic (exact) mass is 406 g/mol. The molecule has 0 aliphatic carbocycles. The van der Waals surface area contributed by atoms with Crippen LogP contribution in [0, 0.1) is 6.92 Å². The van der Waals surface area contributed by atoms with Gasteiger partial charge in [0.05, 0.1) is 21.8 Å². The lowest BCUT2D eigenvalue weighted by molar-refractivity contribution is -0.137. The van der Waals surface area contributed by atoms with Gasteiger partial charge in [0.15, 0.2) is 0 Å². The minimum Gasteiger partial charge on any atom is -0.370 e. The Morgan fingerprint density at radius 2 is 1.96 bits per heavy atom. The Hall–Kier alpha value is -2.19. The highest BCUT2D eigenvalue weighted by Crippen LogP contribution is 2.33. The second-order valence-electron chi connectivity index (χ2n) is 7.03. The summed E-state index contributed by atoms with van der Waals surface area (Å²) in [4.78, 5) is 13.3. The number of pyridine rings is 1. The summed E-state index contributed by atoms with van der Waals surface area (Å²) in [7, 11) is 0. The third-order valence-corrected chi connectivity index (χ3v) is 5.85. The Labute approximate surface area is 165 Å². The first-order valence-electron chi connectivity index (χ1n) is 9.24. The standard InChI is InChI=1S/C20H21F3N4S/c1-14-25-16(13-28-14)12-26-7-2-8-27(10-9-26)19-5-6-24-18-11-15(20(21,22)23)3-4-17(18)19/h3-6,11,13H,2,7-10,12H2,1H3. The van der Waals surface area contributed by atoms with Crippen molar-refractivity contribution in [3.63, 3.8) is 0 Å². The molecule has 4 nitrogen and oxygen atoms in total. The first kappa shape index (κ1) is 19.1. The molecule has 3 heterocycles. The molecule has 0 atom stereocenters. The fourth-order valence-corrected chi connectivity index (χ4v) is 4.27. The van der Waals surface area contributed by atoms with E-state index in [1.807, 2.05) is 13.0 Å². The molecule has 8 heteroatoms. The molecule has 0 radical (unpaired) electrons. The van der Waals surface area contributed by atoms with Crippen molar-refractivity contribution < 1.29 is 13.2 Å². The van der Waals surface area contributed by atoms with E-state index in [-0.39, 0.29) is 0 Å². The van der Waals surface area contributed by atoms with Crippen molar-refractivity contribution in [3.05, 3.63) is 52.1 Å². The number of aromatic nitrogens is 2. The molecular weight excluding hydrogens is 385 g/mol. The summed E-state index contributed by atoms with van der Waals surface area (Å²) >= 11 is 1.66. The molecule has 1 aliphatic heterocycles. The number of hydrogen-bond acceptors (Lipinski definition) is 5. The Balaban J connectivity index is 1.53. The van der Waals surface area contributed by atoms with Crippen LogP contribution in [0.2, 0.25) is 0 Å². The molecule has 0 saturated carbocycles. The van der Waals surface area contributed by atoms with E-state index >= 15 is 0 Å². The van der Waals surface area contributed by atoms with Crippen LogP contribution in [0.25, 0.3) is 10.9 Å². The van der Waals surface area contributed by atoms with Gasteiger partial charge in [-0.15, -0.1) is 11.3 Å². The maximum Gasteiger partial charge on any atom is 0.416 e. The zero-order valence-electron chi connectivity index (χ0n) is 15.5. The van der Waals surface area contributed by atoms with Gasteiger partial charge in [-0.25, -0.2) is 4.98 Å². The molecule has 0 bridgehead atoms. The van der Waals surface area contributed by atoms with E-state index in [2.05, 4.69) is 25.1 Å². The zero-order valence-corrected chi connectivity index (χ0v) is 16.4. The molecule has 28 heavy (non-hydrogen) atoms. The van der Waals surface area contributed by atoms with E-state index in [1.165, 1.54) is 0 Å². The van der Waals surface area contributed by atoms with Crippen molar-refractivity contribution in [2.75, 3.05) is 31.1 Å². The highest BCUT2D eigenvalue weighted by molar-refractivity contribution is 7.09. The summed E-state index contributed by atoms with van der Waals surface area (Å²) in [5, 5.41) is 3.94. The zero-order chi connectivity index (χ0) is 19.7. The molecule has 1 fully saturated rings. The molecule has 1 aromatic carbocycles. The maximum atomic E-state index is 13.0. The van der Waals surface area contributed by atoms with Crippen molar-refractivity contribution in [3.8, 4) is 0 Å². The molecule has 148 valence electrons. The van der Waals surface area contributed by atoms with Crippen molar-refractivity contribution in [1.82, 2.24) is 14.9 Å². The van der Waals surface area contributed by atoms with Crippen molar-refractivity contribution >= 4 is 27.9 Å². The van der Waals surface area contributed by atoms with Crippen molar-refractivity contribution in [1.29, 1.82) is 0 Å². The predicted molar refractivity (Wildman–Crippen MR) is 106 cm³/mol. The van der Waals surface area contributed by atoms with E-state index < -0.39 is 11.7 Å². The summed E-state index contributed by atoms with van der Waals surface area (Å²) in [6.45, 7) is 6.41. The predicted octanol–water partition coefficient (Wildman–Crippen LogP) is 4.73. The van der Waals surface area contributed by atoms with Gasteiger partial charge in [0.1, 0.15) is 0 Å². The van der Waals surface area contributed by atoms with Crippen LogP contribution in [0.3, 0.4) is 0 Å². The lowest BCUT2D eigenvalue weighted by atomic mass is 10.1. The van der Waals surface area contributed by atoms with E-state index in [0.717, 1.165) is 73.1 Å². The number of nitrogens with zero attached hydrogens (tertiary/aromatic N) is 4. The minimum atomic E-state index is -4.36. The summed E-state index contributed by atoms with van der Waals surface area (Å²) < 4.78 is 39.0. The van der Waals surface area contributed by atoms with Gasteiger partial charge >= 0.3 is 6.18 Å². The smallest absolute Gasteiger partial charge is 0.370 e. The summed E-state index contributed by atoms with van der Waals surface area (Å²) in [6.07, 6.45) is -1.77. The van der Waals surface area contributed by atoms with Crippen molar-refractivity contribution in [2.45, 2.75) is 26.1 Å². The van der Waals surface area contributed by atoms with Crippen LogP contribution in [-0.4, -0.2) is 41.0 Å². The summed E-state index contributed by atoms with van der Waals surface area (Å²) in [6, 6.07) is 5.71. The molecule has 0 amide bonds. The van der Waals surface area contributed by atoms with Crippen LogP contribution in [0.5, 0.6) is 0 Å². The second kappa shape index (κ2) is 7.67. The van der Waals surface area contributed by atoms with E-state index in [4.69, 9.17) is 0 Å². The lowest BCUT2D eigenvalue weighted by Crippen LogP contribution is -2.30. The number of aryl methyl sites for hydroxylation is 1. The summed E-state index contributed by atoms with van der Waals surface area (Å²) in [5.41, 5.74) is 1.77. The Morgan fingerprint density at radius 3 is 2.71 bits per heavy atom. The number of anilines is 1. The minimum absolute atomic E-state index is 0.381. The number of alkyl halides is 3. The number of thiazole rings is 1. The van der Waals surface area contributed by atoms with Gasteiger partial charge in [-0.2, -0.15) is 13.2 Å². The van der Waals surface area contributed by atoms with Gasteiger partial charge in [-0.1, -0.05) is 6.07 Å². The van der Waals surface area contributed by atoms with Crippen LogP contribution in [-0.2, 0) is 12.7 Å². The van der Waals surface area contributed by atoms with Crippen LogP contribution >= 0.6 is 11.3 Å². The van der Waals surface area contributed by atoms with E-state index in [1.54, 1.807) is 23.6 Å². The van der Waals surface area contributed by atoms with Gasteiger partial charge in [-0.3, -0.25) is 9.88 Å². The maximum absolute atomic E-state index is 13.0. The third-order valence-electron chi connectivity index (χ3n) is 5.03. The second-order valence-corrected chi connectivity index (χ2v) is 8.10. The Kier molecular flexibility index (Phi) is 5.25. The summed E-state index contributed by atoms with van der Waals surface area (Å²) in [5.74, 6) is 0. The fraction of sp³-hybridized carbons (Fsp3) is 0.400. The van der Waals surface area contributed by atoms with Gasteiger partial charge in [-0.05, 0) is 31.5 Å². The third kappa shape index (κ3) is 4.12. The molecule has 2 aromatic heterocycles. The topological polar surface area (TPSA) is 32.3 Å². The highest BCUT2D eigenvalue weighted by Gasteiger charge is 2.31. The number of halogens is 3. The highest BCUT2D eigenvalue weighted by atomic mass is 32.1. The van der Waals surface area contributed by atoms with Crippen LogP contribution in [0.4, 0.5) is 18.9 Å². The van der Waals surface area contributed by atoms with Crippen LogP contribution < -0.4 is 4.90 Å². The molecule has 0 spiro atoms. The average molecular weight is 406 g/mol. The lowest BCUT2D eigenvalue weighted by Gasteiger charge is -2.25. The van der Waals surface area contributed by atoms with Gasteiger partial charge in [0, 0.05) is 55.4 Å². The largest absolute Gasteiger partial charge is 0.416 e. The van der Waals surface area contributed by atoms with Crippen molar-refractivity contribution in [2.24, 2.45) is 0 Å². The number of benzene rings is 1. The first-order valence-corrected chi connectivity index (χ1v) is 10.1. The molecule has 0 N–H and O–H groups in total.